The van der Waals surface area contributed by atoms with Crippen molar-refractivity contribution in [2.24, 2.45) is 5.73 Å². The van der Waals surface area contributed by atoms with Gasteiger partial charge in [0.1, 0.15) is 0 Å². The minimum absolute atomic E-state index is 0.0763. The molecule has 6 nitrogen and oxygen atoms in total. The van der Waals surface area contributed by atoms with Crippen LogP contribution in [0.15, 0.2) is 29.2 Å². The number of benzene rings is 1. The molecule has 0 aromatic heterocycles. The minimum atomic E-state index is -3.72. The lowest BCUT2D eigenvalue weighted by Crippen LogP contribution is -2.34. The summed E-state index contributed by atoms with van der Waals surface area (Å²) in [5.41, 5.74) is 6.45. The van der Waals surface area contributed by atoms with Gasteiger partial charge in [0.15, 0.2) is 9.84 Å². The van der Waals surface area contributed by atoms with E-state index in [0.717, 1.165) is 0 Å². The molecule has 1 fully saturated rings. The summed E-state index contributed by atoms with van der Waals surface area (Å²) < 4.78 is 50.3. The Balaban J connectivity index is 2.14. The maximum atomic E-state index is 12.2. The van der Waals surface area contributed by atoms with Crippen LogP contribution >= 0.6 is 0 Å². The highest BCUT2D eigenvalue weighted by Crippen LogP contribution is 2.20. The summed E-state index contributed by atoms with van der Waals surface area (Å²) >= 11 is 0. The van der Waals surface area contributed by atoms with Gasteiger partial charge in [-0.2, -0.15) is 0 Å². The normalized spacial score (nSPS) is 23.0. The number of rotatable bonds is 5. The Hall–Kier alpha value is -0.960. The highest BCUT2D eigenvalue weighted by Gasteiger charge is 2.32. The number of sulfone groups is 1. The van der Waals surface area contributed by atoms with Crippen LogP contribution in [0.1, 0.15) is 31.4 Å². The predicted molar refractivity (Wildman–Crippen MR) is 81.0 cm³/mol. The lowest BCUT2D eigenvalue weighted by molar-refractivity contribution is 0.570. The molecule has 0 spiro atoms. The Morgan fingerprint density at radius 3 is 2.71 bits per heavy atom. The molecule has 2 atom stereocenters. The molecule has 2 unspecified atom stereocenters. The van der Waals surface area contributed by atoms with E-state index < -0.39 is 25.1 Å². The van der Waals surface area contributed by atoms with Crippen molar-refractivity contribution in [2.45, 2.75) is 36.0 Å². The van der Waals surface area contributed by atoms with Crippen LogP contribution in [-0.2, 0) is 19.9 Å². The average molecular weight is 332 g/mol. The maximum absolute atomic E-state index is 12.2. The monoisotopic (exact) mass is 332 g/mol. The first-order valence-electron chi connectivity index (χ1n) is 6.79. The summed E-state index contributed by atoms with van der Waals surface area (Å²) in [7, 11) is -6.88. The third-order valence-electron chi connectivity index (χ3n) is 3.66. The molecule has 8 heteroatoms. The second-order valence-corrected chi connectivity index (χ2v) is 9.51. The standard InChI is InChI=1S/C13H20N2O4S2/c1-10(14)11-4-2-5-12(8-11)21(18,19)15-9-13-6-3-7-20(13,16)17/h2,4-5,8,10,13,15H,3,6-7,9,14H2,1H3. The number of nitrogens with two attached hydrogens (primary N) is 1. The molecular weight excluding hydrogens is 312 g/mol. The van der Waals surface area contributed by atoms with E-state index in [2.05, 4.69) is 4.72 Å². The average Bonchev–Trinajstić information content (AvgIpc) is 2.75. The van der Waals surface area contributed by atoms with Crippen LogP contribution in [0.3, 0.4) is 0 Å². The van der Waals surface area contributed by atoms with Crippen molar-refractivity contribution in [1.82, 2.24) is 4.72 Å². The van der Waals surface area contributed by atoms with Crippen molar-refractivity contribution in [3.63, 3.8) is 0 Å². The van der Waals surface area contributed by atoms with Gasteiger partial charge in [-0.3, -0.25) is 0 Å². The fourth-order valence-corrected chi connectivity index (χ4v) is 5.35. The molecule has 1 heterocycles. The van der Waals surface area contributed by atoms with Gasteiger partial charge in [-0.05, 0) is 37.5 Å². The molecule has 118 valence electrons. The third-order valence-corrected chi connectivity index (χ3v) is 7.36. The number of sulfonamides is 1. The van der Waals surface area contributed by atoms with Gasteiger partial charge in [0.2, 0.25) is 10.0 Å². The summed E-state index contributed by atoms with van der Waals surface area (Å²) in [6, 6.07) is 6.09. The van der Waals surface area contributed by atoms with Crippen LogP contribution in [0.2, 0.25) is 0 Å². The van der Waals surface area contributed by atoms with Gasteiger partial charge in [0.05, 0.1) is 15.9 Å². The molecule has 1 aromatic carbocycles. The van der Waals surface area contributed by atoms with Crippen molar-refractivity contribution >= 4 is 19.9 Å². The van der Waals surface area contributed by atoms with Crippen LogP contribution in [0, 0.1) is 0 Å². The molecule has 1 aliphatic rings. The quantitative estimate of drug-likeness (QED) is 0.819. The van der Waals surface area contributed by atoms with E-state index in [1.807, 2.05) is 0 Å². The molecule has 2 rings (SSSR count). The molecule has 3 N–H and O–H groups in total. The van der Waals surface area contributed by atoms with Crippen molar-refractivity contribution in [2.75, 3.05) is 12.3 Å². The number of hydrogen-bond donors (Lipinski definition) is 2. The van der Waals surface area contributed by atoms with E-state index in [-0.39, 0.29) is 23.2 Å². The zero-order valence-electron chi connectivity index (χ0n) is 11.8. The van der Waals surface area contributed by atoms with Crippen molar-refractivity contribution in [3.05, 3.63) is 29.8 Å². The van der Waals surface area contributed by atoms with Crippen molar-refractivity contribution < 1.29 is 16.8 Å². The highest BCUT2D eigenvalue weighted by molar-refractivity contribution is 7.92. The largest absolute Gasteiger partial charge is 0.324 e. The second-order valence-electron chi connectivity index (χ2n) is 5.34. The predicted octanol–water partition coefficient (Wildman–Crippen LogP) is 0.562. The SMILES string of the molecule is CC(N)c1cccc(S(=O)(=O)NCC2CCCS2(=O)=O)c1. The first kappa shape index (κ1) is 16.4. The van der Waals surface area contributed by atoms with Gasteiger partial charge in [0, 0.05) is 12.6 Å². The van der Waals surface area contributed by atoms with Crippen LogP contribution < -0.4 is 10.5 Å². The number of hydrogen-bond acceptors (Lipinski definition) is 5. The number of nitrogens with one attached hydrogen (secondary N) is 1. The van der Waals surface area contributed by atoms with Crippen LogP contribution in [0.5, 0.6) is 0 Å². The highest BCUT2D eigenvalue weighted by atomic mass is 32.2. The smallest absolute Gasteiger partial charge is 0.240 e. The topological polar surface area (TPSA) is 106 Å². The van der Waals surface area contributed by atoms with Crippen molar-refractivity contribution in [3.8, 4) is 0 Å². The zero-order chi connectivity index (χ0) is 15.7. The maximum Gasteiger partial charge on any atom is 0.240 e. The fourth-order valence-electron chi connectivity index (χ4n) is 2.34. The van der Waals surface area contributed by atoms with Gasteiger partial charge in [-0.1, -0.05) is 12.1 Å². The molecule has 0 aliphatic carbocycles. The molecule has 21 heavy (non-hydrogen) atoms. The first-order chi connectivity index (χ1) is 9.72. The summed E-state index contributed by atoms with van der Waals surface area (Å²) in [4.78, 5) is 0.104. The van der Waals surface area contributed by atoms with E-state index in [1.165, 1.54) is 12.1 Å². The Labute approximate surface area is 125 Å². The Morgan fingerprint density at radius 2 is 2.14 bits per heavy atom. The molecule has 1 aromatic rings. The van der Waals surface area contributed by atoms with Crippen LogP contribution in [-0.4, -0.2) is 34.4 Å². The first-order valence-corrected chi connectivity index (χ1v) is 9.99. The van der Waals surface area contributed by atoms with E-state index in [4.69, 9.17) is 5.73 Å². The second kappa shape index (κ2) is 6.04. The molecule has 0 radical (unpaired) electrons. The lowest BCUT2D eigenvalue weighted by atomic mass is 10.1. The summed E-state index contributed by atoms with van der Waals surface area (Å²) in [6.07, 6.45) is 1.10. The molecular formula is C13H20N2O4S2. The van der Waals surface area contributed by atoms with Gasteiger partial charge >= 0.3 is 0 Å². The van der Waals surface area contributed by atoms with E-state index in [9.17, 15) is 16.8 Å². The summed E-state index contributed by atoms with van der Waals surface area (Å²) in [5.74, 6) is 0.138. The lowest BCUT2D eigenvalue weighted by Gasteiger charge is -2.13. The van der Waals surface area contributed by atoms with E-state index in [1.54, 1.807) is 19.1 Å². The molecule has 1 saturated heterocycles. The van der Waals surface area contributed by atoms with Gasteiger partial charge in [-0.15, -0.1) is 0 Å². The van der Waals surface area contributed by atoms with Crippen molar-refractivity contribution in [1.29, 1.82) is 0 Å². The van der Waals surface area contributed by atoms with Gasteiger partial charge in [0.25, 0.3) is 0 Å². The molecule has 1 aliphatic heterocycles. The summed E-state index contributed by atoms with van der Waals surface area (Å²) in [6.45, 7) is 1.69. The van der Waals surface area contributed by atoms with E-state index in [0.29, 0.717) is 18.4 Å². The summed E-state index contributed by atoms with van der Waals surface area (Å²) in [5, 5.41) is -0.621. The van der Waals surface area contributed by atoms with Crippen LogP contribution in [0.25, 0.3) is 0 Å². The molecule has 0 amide bonds. The van der Waals surface area contributed by atoms with E-state index >= 15 is 0 Å². The molecule has 0 bridgehead atoms. The Morgan fingerprint density at radius 1 is 1.43 bits per heavy atom. The van der Waals surface area contributed by atoms with Crippen LogP contribution in [0.4, 0.5) is 0 Å². The van der Waals surface area contributed by atoms with Gasteiger partial charge in [-0.25, -0.2) is 21.6 Å². The fraction of sp³-hybridized carbons (Fsp3) is 0.538. The van der Waals surface area contributed by atoms with Gasteiger partial charge < -0.3 is 5.73 Å². The zero-order valence-corrected chi connectivity index (χ0v) is 13.5. The third kappa shape index (κ3) is 3.82. The Kier molecular flexibility index (Phi) is 4.72. The Bertz CT molecular complexity index is 711. The molecule has 0 saturated carbocycles. The minimum Gasteiger partial charge on any atom is -0.324 e.